The fourth-order valence-electron chi connectivity index (χ4n) is 6.04. The van der Waals surface area contributed by atoms with Gasteiger partial charge in [-0.05, 0) is 73.2 Å². The third-order valence-corrected chi connectivity index (χ3v) is 10.8. The van der Waals surface area contributed by atoms with E-state index in [0.717, 1.165) is 24.3 Å². The maximum atomic E-state index is 15.3. The van der Waals surface area contributed by atoms with Crippen molar-refractivity contribution in [2.45, 2.75) is 55.0 Å². The Hall–Kier alpha value is -3.36. The number of sulfonamides is 1. The predicted molar refractivity (Wildman–Crippen MR) is 162 cm³/mol. The maximum Gasteiger partial charge on any atom is 0.242 e. The molecule has 1 saturated heterocycles. The predicted octanol–water partition coefficient (Wildman–Crippen LogP) is 4.05. The Morgan fingerprint density at radius 3 is 2.29 bits per heavy atom. The summed E-state index contributed by atoms with van der Waals surface area (Å²) in [5.41, 5.74) is 7.09. The Morgan fingerprint density at radius 2 is 1.64 bits per heavy atom. The Kier molecular flexibility index (Phi) is 10.2. The molecule has 0 aromatic heterocycles. The number of amides is 1. The standard InChI is InChI=1S/C32H36F4N4O4S/c1-44-18-25-17-38-16-24(40(25)45(42,43)26-10-11-26)9-12-27-28(36)3-2-4-29(27)39-32(41)31(37)30(19-5-7-21(33)8-6-19)20-13-22(34)15-23(35)14-20/h2-8,13-15,24-26,30-31,38H,9-12,16-18,37H2,1H3,(H,39,41)/t24-,25?,30-,31-/m0/s1. The van der Waals surface area contributed by atoms with Crippen molar-refractivity contribution in [2.75, 3.05) is 32.1 Å². The lowest BCUT2D eigenvalue weighted by Crippen LogP contribution is -2.61. The number of carbonyl (C=O) groups excluding carboxylic acids is 1. The lowest BCUT2D eigenvalue weighted by atomic mass is 9.84. The number of methoxy groups -OCH3 is 1. The highest BCUT2D eigenvalue weighted by molar-refractivity contribution is 7.90. The summed E-state index contributed by atoms with van der Waals surface area (Å²) in [5.74, 6) is -4.73. The van der Waals surface area contributed by atoms with Crippen LogP contribution in [0.2, 0.25) is 0 Å². The molecular weight excluding hydrogens is 612 g/mol. The normalized spacial score (nSPS) is 20.5. The lowest BCUT2D eigenvalue weighted by Gasteiger charge is -2.41. The SMILES string of the molecule is COCC1CNC[C@H](CCc2c(F)cccc2NC(=O)[C@@H](N)[C@@H](c2ccc(F)cc2)c2cc(F)cc(F)c2)N1S(=O)(=O)C1CC1. The van der Waals surface area contributed by atoms with Gasteiger partial charge in [0.1, 0.15) is 23.3 Å². The molecule has 1 amide bonds. The van der Waals surface area contributed by atoms with E-state index in [2.05, 4.69) is 10.6 Å². The summed E-state index contributed by atoms with van der Waals surface area (Å²) in [6, 6.07) is 9.71. The van der Waals surface area contributed by atoms with Crippen molar-refractivity contribution in [2.24, 2.45) is 5.73 Å². The summed E-state index contributed by atoms with van der Waals surface area (Å²) in [4.78, 5) is 13.6. The molecule has 0 radical (unpaired) electrons. The number of piperazine rings is 1. The lowest BCUT2D eigenvalue weighted by molar-refractivity contribution is -0.117. The van der Waals surface area contributed by atoms with Crippen molar-refractivity contribution in [1.29, 1.82) is 0 Å². The van der Waals surface area contributed by atoms with Crippen LogP contribution in [0.1, 0.15) is 41.9 Å². The molecule has 1 aliphatic carbocycles. The highest BCUT2D eigenvalue weighted by atomic mass is 32.2. The van der Waals surface area contributed by atoms with Gasteiger partial charge in [0, 0.05) is 49.5 Å². The van der Waals surface area contributed by atoms with E-state index >= 15 is 4.39 Å². The van der Waals surface area contributed by atoms with Crippen molar-refractivity contribution in [1.82, 2.24) is 9.62 Å². The molecule has 2 fully saturated rings. The van der Waals surface area contributed by atoms with Crippen LogP contribution >= 0.6 is 0 Å². The van der Waals surface area contributed by atoms with Gasteiger partial charge < -0.3 is 21.1 Å². The second-order valence-corrected chi connectivity index (χ2v) is 13.7. The number of rotatable bonds is 12. The number of anilines is 1. The first-order chi connectivity index (χ1) is 21.5. The van der Waals surface area contributed by atoms with E-state index in [9.17, 15) is 26.4 Å². The molecular formula is C32H36F4N4O4S. The molecule has 1 unspecified atom stereocenters. The van der Waals surface area contributed by atoms with Gasteiger partial charge in [-0.1, -0.05) is 18.2 Å². The highest BCUT2D eigenvalue weighted by Crippen LogP contribution is 2.35. The molecule has 1 aliphatic heterocycles. The van der Waals surface area contributed by atoms with Gasteiger partial charge in [0.25, 0.3) is 0 Å². The molecule has 45 heavy (non-hydrogen) atoms. The van der Waals surface area contributed by atoms with E-state index in [1.165, 1.54) is 41.7 Å². The zero-order valence-corrected chi connectivity index (χ0v) is 25.5. The zero-order valence-electron chi connectivity index (χ0n) is 24.7. The second kappa shape index (κ2) is 14.0. The summed E-state index contributed by atoms with van der Waals surface area (Å²) in [6.07, 6.45) is 1.56. The molecule has 1 heterocycles. The van der Waals surface area contributed by atoms with Gasteiger partial charge in [-0.25, -0.2) is 26.0 Å². The van der Waals surface area contributed by atoms with Crippen LogP contribution in [0.3, 0.4) is 0 Å². The molecule has 0 spiro atoms. The van der Waals surface area contributed by atoms with Crippen molar-refractivity contribution in [3.63, 3.8) is 0 Å². The first-order valence-electron chi connectivity index (χ1n) is 14.8. The third-order valence-electron chi connectivity index (χ3n) is 8.32. The van der Waals surface area contributed by atoms with Gasteiger partial charge in [-0.15, -0.1) is 0 Å². The van der Waals surface area contributed by atoms with Gasteiger partial charge in [-0.2, -0.15) is 4.31 Å². The molecule has 3 aromatic carbocycles. The number of ether oxygens (including phenoxy) is 1. The van der Waals surface area contributed by atoms with Crippen LogP contribution in [0.5, 0.6) is 0 Å². The van der Waals surface area contributed by atoms with Crippen LogP contribution in [-0.4, -0.2) is 68.8 Å². The van der Waals surface area contributed by atoms with Gasteiger partial charge in [0.15, 0.2) is 0 Å². The van der Waals surface area contributed by atoms with E-state index in [-0.39, 0.29) is 36.3 Å². The van der Waals surface area contributed by atoms with Crippen LogP contribution < -0.4 is 16.4 Å². The Labute approximate surface area is 260 Å². The summed E-state index contributed by atoms with van der Waals surface area (Å²) in [5, 5.41) is 5.49. The minimum atomic E-state index is -3.58. The molecule has 13 heteroatoms. The second-order valence-electron chi connectivity index (χ2n) is 11.5. The quantitative estimate of drug-likeness (QED) is 0.256. The number of nitrogens with one attached hydrogen (secondary N) is 2. The first-order valence-corrected chi connectivity index (χ1v) is 16.3. The average molecular weight is 649 g/mol. The highest BCUT2D eigenvalue weighted by Gasteiger charge is 2.47. The van der Waals surface area contributed by atoms with Gasteiger partial charge in [-0.3, -0.25) is 4.79 Å². The molecule has 5 rings (SSSR count). The minimum Gasteiger partial charge on any atom is -0.383 e. The first kappa shape index (κ1) is 33.0. The number of benzene rings is 3. The molecule has 1 saturated carbocycles. The molecule has 242 valence electrons. The van der Waals surface area contributed by atoms with E-state index in [1.54, 1.807) is 0 Å². The van der Waals surface area contributed by atoms with Crippen molar-refractivity contribution >= 4 is 21.6 Å². The molecule has 0 bridgehead atoms. The van der Waals surface area contributed by atoms with Gasteiger partial charge in [0.05, 0.1) is 23.9 Å². The van der Waals surface area contributed by atoms with E-state index in [4.69, 9.17) is 10.5 Å². The monoisotopic (exact) mass is 648 g/mol. The number of carbonyl (C=O) groups is 1. The maximum absolute atomic E-state index is 15.3. The van der Waals surface area contributed by atoms with Crippen LogP contribution in [0, 0.1) is 23.3 Å². The van der Waals surface area contributed by atoms with E-state index in [1.807, 2.05) is 0 Å². The van der Waals surface area contributed by atoms with Crippen molar-refractivity contribution in [3.05, 3.63) is 101 Å². The van der Waals surface area contributed by atoms with Gasteiger partial charge >= 0.3 is 0 Å². The fraction of sp³-hybridized carbons (Fsp3) is 0.406. The third kappa shape index (κ3) is 7.55. The van der Waals surface area contributed by atoms with Crippen LogP contribution in [0.15, 0.2) is 60.7 Å². The van der Waals surface area contributed by atoms with Gasteiger partial charge in [0.2, 0.25) is 15.9 Å². The Bertz CT molecular complexity index is 1600. The smallest absolute Gasteiger partial charge is 0.242 e. The molecule has 3 aromatic rings. The number of nitrogens with zero attached hydrogens (tertiary/aromatic N) is 1. The van der Waals surface area contributed by atoms with Crippen molar-refractivity contribution in [3.8, 4) is 0 Å². The summed E-state index contributed by atoms with van der Waals surface area (Å²) >= 11 is 0. The largest absolute Gasteiger partial charge is 0.383 e. The number of halogens is 4. The summed E-state index contributed by atoms with van der Waals surface area (Å²) in [7, 11) is -2.07. The number of nitrogens with two attached hydrogens (primary N) is 1. The number of hydrogen-bond acceptors (Lipinski definition) is 6. The number of hydrogen-bond donors (Lipinski definition) is 3. The molecule has 4 N–H and O–H groups in total. The molecule has 2 aliphatic rings. The summed E-state index contributed by atoms with van der Waals surface area (Å²) in [6.45, 7) is 1.01. The van der Waals surface area contributed by atoms with Crippen LogP contribution in [0.4, 0.5) is 23.2 Å². The van der Waals surface area contributed by atoms with Crippen LogP contribution in [-0.2, 0) is 26.0 Å². The molecule has 8 nitrogen and oxygen atoms in total. The Balaban J connectivity index is 1.39. The van der Waals surface area contributed by atoms with E-state index in [0.29, 0.717) is 37.6 Å². The fourth-order valence-corrected chi connectivity index (χ4v) is 8.27. The Morgan fingerprint density at radius 1 is 0.978 bits per heavy atom. The van der Waals surface area contributed by atoms with Crippen LogP contribution in [0.25, 0.3) is 0 Å². The minimum absolute atomic E-state index is 0.0635. The van der Waals surface area contributed by atoms with Crippen molar-refractivity contribution < 1.29 is 35.5 Å². The topological polar surface area (TPSA) is 114 Å². The van der Waals surface area contributed by atoms with E-state index < -0.39 is 68.5 Å². The summed E-state index contributed by atoms with van der Waals surface area (Å²) < 4.78 is 91.0. The zero-order chi connectivity index (χ0) is 32.3. The average Bonchev–Trinajstić information content (AvgIpc) is 3.84. The molecule has 4 atom stereocenters.